The zero-order chi connectivity index (χ0) is 15.7. The van der Waals surface area contributed by atoms with E-state index in [0.29, 0.717) is 17.5 Å². The van der Waals surface area contributed by atoms with Crippen molar-refractivity contribution in [2.45, 2.75) is 35.4 Å². The molecule has 2 aromatic heterocycles. The number of hydrogen-bond acceptors (Lipinski definition) is 6. The summed E-state index contributed by atoms with van der Waals surface area (Å²) in [5.74, 6) is 2.40. The summed E-state index contributed by atoms with van der Waals surface area (Å²) in [5, 5.41) is 4.05. The van der Waals surface area contributed by atoms with E-state index in [9.17, 15) is 0 Å². The molecule has 1 aliphatic rings. The fraction of sp³-hybridized carbons (Fsp3) is 0.294. The van der Waals surface area contributed by atoms with Gasteiger partial charge in [0.15, 0.2) is 11.6 Å². The highest BCUT2D eigenvalue weighted by Crippen LogP contribution is 2.38. The van der Waals surface area contributed by atoms with Crippen LogP contribution in [-0.4, -0.2) is 10.1 Å². The van der Waals surface area contributed by atoms with Crippen molar-refractivity contribution in [2.24, 2.45) is 5.73 Å². The molecule has 0 radical (unpaired) electrons. The minimum absolute atomic E-state index is 0.408. The summed E-state index contributed by atoms with van der Waals surface area (Å²) in [4.78, 5) is 5.67. The number of thioether (sulfide) groups is 1. The van der Waals surface area contributed by atoms with Gasteiger partial charge in [0.2, 0.25) is 0 Å². The fourth-order valence-corrected chi connectivity index (χ4v) is 3.51. The normalized spacial score (nSPS) is 16.2. The van der Waals surface area contributed by atoms with E-state index in [0.717, 1.165) is 30.6 Å². The smallest absolute Gasteiger partial charge is 0.294 e. The summed E-state index contributed by atoms with van der Waals surface area (Å²) in [7, 11) is 0. The van der Waals surface area contributed by atoms with Crippen LogP contribution < -0.4 is 5.73 Å². The highest BCUT2D eigenvalue weighted by molar-refractivity contribution is 7.98. The molecule has 118 valence electrons. The van der Waals surface area contributed by atoms with Crippen molar-refractivity contribution in [2.75, 3.05) is 0 Å². The van der Waals surface area contributed by atoms with Crippen LogP contribution in [0.25, 0.3) is 11.7 Å². The second kappa shape index (κ2) is 5.86. The molecule has 0 aliphatic heterocycles. The van der Waals surface area contributed by atoms with Crippen LogP contribution in [0, 0.1) is 0 Å². The Morgan fingerprint density at radius 1 is 1.17 bits per heavy atom. The molecule has 0 bridgehead atoms. The van der Waals surface area contributed by atoms with Crippen molar-refractivity contribution in [1.82, 2.24) is 10.1 Å². The predicted octanol–water partition coefficient (Wildman–Crippen LogP) is 3.96. The third-order valence-corrected chi connectivity index (χ3v) is 5.26. The Labute approximate surface area is 138 Å². The zero-order valence-electron chi connectivity index (χ0n) is 12.6. The second-order valence-corrected chi connectivity index (χ2v) is 6.86. The predicted molar refractivity (Wildman–Crippen MR) is 87.7 cm³/mol. The van der Waals surface area contributed by atoms with E-state index >= 15 is 0 Å². The summed E-state index contributed by atoms with van der Waals surface area (Å²) in [6, 6.07) is 12.2. The molecule has 2 heterocycles. The first kappa shape index (κ1) is 14.5. The molecule has 0 atom stereocenters. The van der Waals surface area contributed by atoms with Crippen LogP contribution in [0.4, 0.5) is 0 Å². The minimum atomic E-state index is -0.423. The van der Waals surface area contributed by atoms with E-state index in [1.807, 2.05) is 24.3 Å². The van der Waals surface area contributed by atoms with E-state index < -0.39 is 5.54 Å². The quantitative estimate of drug-likeness (QED) is 0.715. The zero-order valence-corrected chi connectivity index (χ0v) is 13.4. The van der Waals surface area contributed by atoms with Gasteiger partial charge in [-0.2, -0.15) is 4.98 Å². The lowest BCUT2D eigenvalue weighted by Crippen LogP contribution is -2.44. The second-order valence-electron chi connectivity index (χ2n) is 5.81. The average Bonchev–Trinajstić information content (AvgIpc) is 3.20. The fourth-order valence-electron chi connectivity index (χ4n) is 2.61. The van der Waals surface area contributed by atoms with Crippen molar-refractivity contribution >= 4 is 11.8 Å². The molecule has 1 saturated carbocycles. The van der Waals surface area contributed by atoms with Crippen molar-refractivity contribution < 1.29 is 8.94 Å². The summed E-state index contributed by atoms with van der Waals surface area (Å²) in [6.45, 7) is 0. The molecule has 0 unspecified atom stereocenters. The van der Waals surface area contributed by atoms with Gasteiger partial charge in [-0.1, -0.05) is 23.4 Å². The van der Waals surface area contributed by atoms with Gasteiger partial charge in [-0.3, -0.25) is 0 Å². The number of rotatable bonds is 5. The lowest BCUT2D eigenvalue weighted by molar-refractivity contribution is 0.229. The number of benzene rings is 1. The van der Waals surface area contributed by atoms with E-state index in [1.165, 1.54) is 4.90 Å². The first-order chi connectivity index (χ1) is 11.2. The Kier molecular flexibility index (Phi) is 3.71. The van der Waals surface area contributed by atoms with E-state index in [2.05, 4.69) is 22.3 Å². The van der Waals surface area contributed by atoms with Crippen molar-refractivity contribution in [3.05, 3.63) is 54.0 Å². The Bertz CT molecular complexity index is 793. The molecule has 23 heavy (non-hydrogen) atoms. The number of nitrogens with two attached hydrogens (primary N) is 1. The Morgan fingerprint density at radius 3 is 2.74 bits per heavy atom. The molecule has 6 heteroatoms. The van der Waals surface area contributed by atoms with E-state index in [-0.39, 0.29) is 0 Å². The molecule has 0 saturated heterocycles. The van der Waals surface area contributed by atoms with Crippen LogP contribution in [0.3, 0.4) is 0 Å². The molecule has 1 aliphatic carbocycles. The van der Waals surface area contributed by atoms with Crippen LogP contribution in [0.5, 0.6) is 0 Å². The van der Waals surface area contributed by atoms with Gasteiger partial charge in [0, 0.05) is 16.2 Å². The summed E-state index contributed by atoms with van der Waals surface area (Å²) < 4.78 is 10.9. The molecular weight excluding hydrogens is 310 g/mol. The highest BCUT2D eigenvalue weighted by atomic mass is 32.2. The third-order valence-electron chi connectivity index (χ3n) is 4.20. The minimum Gasteiger partial charge on any atom is -0.459 e. The monoisotopic (exact) mass is 327 g/mol. The van der Waals surface area contributed by atoms with Crippen molar-refractivity contribution in [3.8, 4) is 11.7 Å². The third kappa shape index (κ3) is 2.80. The van der Waals surface area contributed by atoms with Crippen LogP contribution in [0.1, 0.15) is 30.7 Å². The summed E-state index contributed by atoms with van der Waals surface area (Å²) in [5.41, 5.74) is 6.86. The molecule has 1 aromatic carbocycles. The lowest BCUT2D eigenvalue weighted by atomic mass is 9.77. The standard InChI is InChI=1S/C17H17N3O2S/c18-17(8-4-9-17)16-19-15(22-20-16)14-12(7-10-21-14)11-23-13-5-2-1-3-6-13/h1-3,5-7,10H,4,8-9,11,18H2. The molecular formula is C17H17N3O2S. The van der Waals surface area contributed by atoms with Gasteiger partial charge in [0.25, 0.3) is 5.89 Å². The lowest BCUT2D eigenvalue weighted by Gasteiger charge is -2.34. The van der Waals surface area contributed by atoms with Crippen LogP contribution in [0.15, 0.2) is 56.5 Å². The molecule has 1 fully saturated rings. The number of furan rings is 1. The van der Waals surface area contributed by atoms with Crippen LogP contribution in [0.2, 0.25) is 0 Å². The Morgan fingerprint density at radius 2 is 2.00 bits per heavy atom. The van der Waals surface area contributed by atoms with Gasteiger partial charge in [-0.15, -0.1) is 11.8 Å². The van der Waals surface area contributed by atoms with Crippen LogP contribution >= 0.6 is 11.8 Å². The van der Waals surface area contributed by atoms with Gasteiger partial charge < -0.3 is 14.7 Å². The topological polar surface area (TPSA) is 78.1 Å². The maximum Gasteiger partial charge on any atom is 0.294 e. The van der Waals surface area contributed by atoms with Gasteiger partial charge in [-0.25, -0.2) is 0 Å². The number of nitrogens with zero attached hydrogens (tertiary/aromatic N) is 2. The molecule has 5 nitrogen and oxygen atoms in total. The van der Waals surface area contributed by atoms with E-state index in [4.69, 9.17) is 14.7 Å². The molecule has 2 N–H and O–H groups in total. The average molecular weight is 327 g/mol. The Balaban J connectivity index is 1.53. The molecule has 3 aromatic rings. The van der Waals surface area contributed by atoms with Crippen molar-refractivity contribution in [3.63, 3.8) is 0 Å². The largest absolute Gasteiger partial charge is 0.459 e. The number of hydrogen-bond donors (Lipinski definition) is 1. The van der Waals surface area contributed by atoms with Gasteiger partial charge in [-0.05, 0) is 37.5 Å². The van der Waals surface area contributed by atoms with Gasteiger partial charge in [0.05, 0.1) is 11.8 Å². The number of aromatic nitrogens is 2. The maximum absolute atomic E-state index is 6.24. The van der Waals surface area contributed by atoms with Gasteiger partial charge >= 0.3 is 0 Å². The van der Waals surface area contributed by atoms with E-state index in [1.54, 1.807) is 18.0 Å². The van der Waals surface area contributed by atoms with Gasteiger partial charge in [0.1, 0.15) is 0 Å². The van der Waals surface area contributed by atoms with Crippen LogP contribution in [-0.2, 0) is 11.3 Å². The first-order valence-electron chi connectivity index (χ1n) is 7.62. The first-order valence-corrected chi connectivity index (χ1v) is 8.61. The Hall–Kier alpha value is -2.05. The van der Waals surface area contributed by atoms with Crippen molar-refractivity contribution in [1.29, 1.82) is 0 Å². The maximum atomic E-state index is 6.24. The highest BCUT2D eigenvalue weighted by Gasteiger charge is 2.39. The summed E-state index contributed by atoms with van der Waals surface area (Å²) in [6.07, 6.45) is 4.57. The summed E-state index contributed by atoms with van der Waals surface area (Å²) >= 11 is 1.74. The molecule has 0 amide bonds. The molecule has 4 rings (SSSR count). The molecule has 0 spiro atoms. The SMILES string of the molecule is NC1(c2noc(-c3occc3CSc3ccccc3)n2)CCC1.